The summed E-state index contributed by atoms with van der Waals surface area (Å²) in [6, 6.07) is 16.1. The summed E-state index contributed by atoms with van der Waals surface area (Å²) in [7, 11) is 0. The van der Waals surface area contributed by atoms with Crippen LogP contribution in [0.4, 0.5) is 0 Å². The fourth-order valence-electron chi connectivity index (χ4n) is 1.69. The molecule has 1 N–H and O–H groups in total. The fraction of sp³-hybridized carbons (Fsp3) is 0.188. The standard InChI is InChI=1S/C12H8O.C4H7ClO2/c1-2-4-10(5-3-1)13-12-8-9-6-7-11(9)12;1-3(5)2-4(6)7/h1-8H;3H,2H2,1H3,(H,6,7). The van der Waals surface area contributed by atoms with E-state index in [-0.39, 0.29) is 11.8 Å². The average Bonchev–Trinajstić information content (AvgIpc) is 2.35. The molecule has 1 aromatic carbocycles. The van der Waals surface area contributed by atoms with Gasteiger partial charge in [-0.25, -0.2) is 0 Å². The molecule has 0 radical (unpaired) electrons. The molecule has 1 unspecified atom stereocenters. The Hall–Kier alpha value is -2.00. The highest BCUT2D eigenvalue weighted by Crippen LogP contribution is 2.28. The van der Waals surface area contributed by atoms with Gasteiger partial charge in [0.25, 0.3) is 0 Å². The molecule has 0 bridgehead atoms. The zero-order valence-corrected chi connectivity index (χ0v) is 11.8. The van der Waals surface area contributed by atoms with Crippen LogP contribution in [0.15, 0.2) is 48.5 Å². The minimum atomic E-state index is -0.845. The molecule has 0 saturated carbocycles. The van der Waals surface area contributed by atoms with E-state index in [2.05, 4.69) is 18.2 Å². The van der Waals surface area contributed by atoms with Crippen molar-refractivity contribution in [1.82, 2.24) is 0 Å². The minimum Gasteiger partial charge on any atom is -0.481 e. The molecule has 3 rings (SSSR count). The molecule has 4 heteroatoms. The van der Waals surface area contributed by atoms with Crippen LogP contribution in [0.2, 0.25) is 0 Å². The lowest BCUT2D eigenvalue weighted by molar-refractivity contribution is -0.136. The molecule has 0 aliphatic heterocycles. The summed E-state index contributed by atoms with van der Waals surface area (Å²) in [5, 5.41) is 10.3. The first-order valence-electron chi connectivity index (χ1n) is 6.29. The van der Waals surface area contributed by atoms with Crippen molar-refractivity contribution in [2.24, 2.45) is 0 Å². The SMILES string of the molecule is CC(Cl)CC(=O)O.c1ccc(Oc2cc3ccc2=3)cc1. The van der Waals surface area contributed by atoms with Gasteiger partial charge in [0, 0.05) is 10.6 Å². The van der Waals surface area contributed by atoms with E-state index in [9.17, 15) is 4.79 Å². The van der Waals surface area contributed by atoms with Gasteiger partial charge in [-0.3, -0.25) is 4.79 Å². The number of hydrogen-bond acceptors (Lipinski definition) is 2. The van der Waals surface area contributed by atoms with E-state index < -0.39 is 5.97 Å². The lowest BCUT2D eigenvalue weighted by atomic mass is 10.1. The summed E-state index contributed by atoms with van der Waals surface area (Å²) in [5.41, 5.74) is 0. The third-order valence-corrected chi connectivity index (χ3v) is 2.87. The van der Waals surface area contributed by atoms with Crippen molar-refractivity contribution in [2.45, 2.75) is 18.7 Å². The van der Waals surface area contributed by atoms with Gasteiger partial charge in [0.1, 0.15) is 11.5 Å². The van der Waals surface area contributed by atoms with Crippen molar-refractivity contribution >= 4 is 17.6 Å². The van der Waals surface area contributed by atoms with Gasteiger partial charge < -0.3 is 9.84 Å². The Kier molecular flexibility index (Phi) is 4.64. The zero-order valence-electron chi connectivity index (χ0n) is 11.0. The van der Waals surface area contributed by atoms with E-state index in [0.717, 1.165) is 11.5 Å². The van der Waals surface area contributed by atoms with Crippen LogP contribution >= 0.6 is 11.6 Å². The van der Waals surface area contributed by atoms with Crippen molar-refractivity contribution in [3.63, 3.8) is 0 Å². The van der Waals surface area contributed by atoms with Crippen LogP contribution in [-0.2, 0) is 4.79 Å². The van der Waals surface area contributed by atoms with Gasteiger partial charge in [-0.15, -0.1) is 11.6 Å². The Bertz CT molecular complexity index is 681. The number of benzene rings is 2. The number of carbonyl (C=O) groups is 1. The number of hydrogen-bond donors (Lipinski definition) is 1. The summed E-state index contributed by atoms with van der Waals surface area (Å²) in [4.78, 5) is 9.73. The van der Waals surface area contributed by atoms with Crippen molar-refractivity contribution < 1.29 is 14.6 Å². The molecule has 2 aliphatic carbocycles. The topological polar surface area (TPSA) is 46.5 Å². The Morgan fingerprint density at radius 1 is 1.25 bits per heavy atom. The number of aliphatic carboxylic acids is 1. The lowest BCUT2D eigenvalue weighted by Crippen LogP contribution is -2.01. The number of carboxylic acid groups (broad SMARTS) is 1. The average molecular weight is 291 g/mol. The fourth-order valence-corrected chi connectivity index (χ4v) is 1.83. The van der Waals surface area contributed by atoms with Gasteiger partial charge in [0.15, 0.2) is 0 Å². The van der Waals surface area contributed by atoms with Gasteiger partial charge in [0.05, 0.1) is 6.42 Å². The van der Waals surface area contributed by atoms with E-state index in [1.54, 1.807) is 6.92 Å². The molecular formula is C16H15ClO3. The Morgan fingerprint density at radius 2 is 1.95 bits per heavy atom. The minimum absolute atomic E-state index is 0.0432. The van der Waals surface area contributed by atoms with Crippen molar-refractivity contribution in [3.05, 3.63) is 59.0 Å². The first-order chi connectivity index (χ1) is 9.56. The number of alkyl halides is 1. The maximum absolute atomic E-state index is 9.73. The number of para-hydroxylation sites is 1. The van der Waals surface area contributed by atoms with E-state index >= 15 is 0 Å². The maximum Gasteiger partial charge on any atom is 0.304 e. The molecule has 0 aromatic heterocycles. The largest absolute Gasteiger partial charge is 0.481 e. The number of carboxylic acids is 1. The van der Waals surface area contributed by atoms with Gasteiger partial charge in [0.2, 0.25) is 0 Å². The Labute approximate surface area is 122 Å². The summed E-state index contributed by atoms with van der Waals surface area (Å²) < 4.78 is 5.64. The van der Waals surface area contributed by atoms with Crippen LogP contribution in [-0.4, -0.2) is 16.5 Å². The second kappa shape index (κ2) is 6.44. The van der Waals surface area contributed by atoms with Gasteiger partial charge in [-0.05, 0) is 30.3 Å². The predicted octanol–water partition coefficient (Wildman–Crippen LogP) is 4.17. The summed E-state index contributed by atoms with van der Waals surface area (Å²) >= 11 is 5.29. The van der Waals surface area contributed by atoms with Crippen molar-refractivity contribution in [1.29, 1.82) is 0 Å². The third kappa shape index (κ3) is 3.75. The molecular weight excluding hydrogens is 276 g/mol. The molecule has 0 saturated heterocycles. The van der Waals surface area contributed by atoms with Crippen molar-refractivity contribution in [2.75, 3.05) is 0 Å². The quantitative estimate of drug-likeness (QED) is 0.734. The molecule has 1 aromatic rings. The van der Waals surface area contributed by atoms with Crippen LogP contribution in [0.25, 0.3) is 0 Å². The summed E-state index contributed by atoms with van der Waals surface area (Å²) in [6.07, 6.45) is 0.0432. The number of rotatable bonds is 4. The first-order valence-corrected chi connectivity index (χ1v) is 6.73. The molecule has 20 heavy (non-hydrogen) atoms. The Balaban J connectivity index is 0.000000182. The molecule has 2 aliphatic rings. The van der Waals surface area contributed by atoms with Gasteiger partial charge in [-0.2, -0.15) is 0 Å². The zero-order chi connectivity index (χ0) is 14.5. The second-order valence-electron chi connectivity index (χ2n) is 4.50. The highest BCUT2D eigenvalue weighted by molar-refractivity contribution is 6.21. The predicted molar refractivity (Wildman–Crippen MR) is 78.2 cm³/mol. The molecule has 104 valence electrons. The molecule has 0 fully saturated rings. The van der Waals surface area contributed by atoms with Crippen molar-refractivity contribution in [3.8, 4) is 11.5 Å². The van der Waals surface area contributed by atoms with Crippen LogP contribution < -0.4 is 4.74 Å². The molecule has 0 spiro atoms. The normalized spacial score (nSPS) is 11.9. The molecule has 3 nitrogen and oxygen atoms in total. The Morgan fingerprint density at radius 3 is 2.30 bits per heavy atom. The van der Waals surface area contributed by atoms with Crippen LogP contribution in [0.5, 0.6) is 11.5 Å². The third-order valence-electron chi connectivity index (χ3n) is 2.72. The molecule has 0 amide bonds. The number of halogens is 1. The summed E-state index contributed by atoms with van der Waals surface area (Å²) in [5.74, 6) is 1.05. The summed E-state index contributed by atoms with van der Waals surface area (Å²) in [6.45, 7) is 1.65. The van der Waals surface area contributed by atoms with Crippen LogP contribution in [0, 0.1) is 10.4 Å². The molecule has 1 atom stereocenters. The van der Waals surface area contributed by atoms with E-state index in [1.165, 1.54) is 10.4 Å². The molecule has 0 heterocycles. The van der Waals surface area contributed by atoms with Gasteiger partial charge in [-0.1, -0.05) is 30.3 Å². The first kappa shape index (κ1) is 14.4. The van der Waals surface area contributed by atoms with Crippen LogP contribution in [0.1, 0.15) is 13.3 Å². The van der Waals surface area contributed by atoms with E-state index in [0.29, 0.717) is 0 Å². The highest BCUT2D eigenvalue weighted by atomic mass is 35.5. The van der Waals surface area contributed by atoms with E-state index in [1.807, 2.05) is 30.3 Å². The van der Waals surface area contributed by atoms with Gasteiger partial charge >= 0.3 is 5.97 Å². The van der Waals surface area contributed by atoms with Crippen LogP contribution in [0.3, 0.4) is 0 Å². The van der Waals surface area contributed by atoms with E-state index in [4.69, 9.17) is 21.4 Å². The highest BCUT2D eigenvalue weighted by Gasteiger charge is 2.07. The second-order valence-corrected chi connectivity index (χ2v) is 5.25. The number of ether oxygens (including phenoxy) is 1. The monoisotopic (exact) mass is 290 g/mol. The maximum atomic E-state index is 9.73. The lowest BCUT2D eigenvalue weighted by Gasteiger charge is -2.12. The smallest absolute Gasteiger partial charge is 0.304 e.